The average Bonchev–Trinajstić information content (AvgIpc) is 3.25. The fraction of sp³-hybridized carbons (Fsp3) is 0.571. The second-order valence-electron chi connectivity index (χ2n) is 5.05. The number of hydrogen-bond donors (Lipinski definition) is 2. The van der Waals surface area contributed by atoms with Crippen molar-refractivity contribution in [1.29, 1.82) is 0 Å². The van der Waals surface area contributed by atoms with Crippen molar-refractivity contribution in [2.24, 2.45) is 0 Å². The maximum absolute atomic E-state index is 12.2. The molecule has 1 aliphatic carbocycles. The SMILES string of the molecule is CCNc1ncc(Br)cc1C(=O)NCCN(C)C1CC1. The van der Waals surface area contributed by atoms with Crippen molar-refractivity contribution in [3.05, 3.63) is 22.3 Å². The van der Waals surface area contributed by atoms with Gasteiger partial charge in [0.25, 0.3) is 5.91 Å². The standard InChI is InChI=1S/C14H21BrN4O/c1-3-16-13-12(8-10(15)9-18-13)14(20)17-6-7-19(2)11-4-5-11/h8-9,11H,3-7H2,1-2H3,(H,16,18)(H,17,20). The van der Waals surface area contributed by atoms with Crippen LogP contribution in [0.3, 0.4) is 0 Å². The number of nitrogens with one attached hydrogen (secondary N) is 2. The summed E-state index contributed by atoms with van der Waals surface area (Å²) in [7, 11) is 2.11. The van der Waals surface area contributed by atoms with Gasteiger partial charge in [0.1, 0.15) is 5.82 Å². The molecule has 0 unspecified atom stereocenters. The molecule has 110 valence electrons. The van der Waals surface area contributed by atoms with Crippen molar-refractivity contribution < 1.29 is 4.79 Å². The normalized spacial score (nSPS) is 14.4. The zero-order chi connectivity index (χ0) is 14.5. The maximum Gasteiger partial charge on any atom is 0.255 e. The van der Waals surface area contributed by atoms with Gasteiger partial charge in [-0.1, -0.05) is 0 Å². The number of hydrogen-bond acceptors (Lipinski definition) is 4. The first-order valence-electron chi connectivity index (χ1n) is 6.99. The monoisotopic (exact) mass is 340 g/mol. The van der Waals surface area contributed by atoms with Crippen LogP contribution in [-0.2, 0) is 0 Å². The van der Waals surface area contributed by atoms with E-state index in [1.54, 1.807) is 12.3 Å². The molecule has 0 saturated heterocycles. The highest BCUT2D eigenvalue weighted by molar-refractivity contribution is 9.10. The second-order valence-corrected chi connectivity index (χ2v) is 5.96. The minimum absolute atomic E-state index is 0.0843. The Morgan fingerprint density at radius 2 is 2.30 bits per heavy atom. The summed E-state index contributed by atoms with van der Waals surface area (Å²) >= 11 is 3.36. The van der Waals surface area contributed by atoms with E-state index in [1.165, 1.54) is 12.8 Å². The molecule has 0 aromatic carbocycles. The fourth-order valence-corrected chi connectivity index (χ4v) is 2.39. The summed E-state index contributed by atoms with van der Waals surface area (Å²) in [6.07, 6.45) is 4.25. The van der Waals surface area contributed by atoms with Crippen LogP contribution >= 0.6 is 15.9 Å². The van der Waals surface area contributed by atoms with Crippen LogP contribution in [0.25, 0.3) is 0 Å². The lowest BCUT2D eigenvalue weighted by Crippen LogP contribution is -2.34. The number of nitrogens with zero attached hydrogens (tertiary/aromatic N) is 2. The molecule has 1 saturated carbocycles. The Kier molecular flexibility index (Phi) is 5.37. The average molecular weight is 341 g/mol. The van der Waals surface area contributed by atoms with Crippen LogP contribution in [-0.4, -0.2) is 48.5 Å². The van der Waals surface area contributed by atoms with Crippen LogP contribution < -0.4 is 10.6 Å². The van der Waals surface area contributed by atoms with Crippen molar-refractivity contribution in [2.45, 2.75) is 25.8 Å². The lowest BCUT2D eigenvalue weighted by atomic mass is 10.2. The van der Waals surface area contributed by atoms with E-state index >= 15 is 0 Å². The summed E-state index contributed by atoms with van der Waals surface area (Å²) in [6, 6.07) is 2.52. The number of likely N-dealkylation sites (N-methyl/N-ethyl adjacent to an activating group) is 1. The molecule has 1 fully saturated rings. The topological polar surface area (TPSA) is 57.3 Å². The fourth-order valence-electron chi connectivity index (χ4n) is 2.06. The zero-order valence-electron chi connectivity index (χ0n) is 11.9. The van der Waals surface area contributed by atoms with Gasteiger partial charge in [-0.25, -0.2) is 4.98 Å². The van der Waals surface area contributed by atoms with Gasteiger partial charge in [-0.05, 0) is 48.8 Å². The number of amides is 1. The van der Waals surface area contributed by atoms with Gasteiger partial charge in [-0.15, -0.1) is 0 Å². The van der Waals surface area contributed by atoms with Crippen molar-refractivity contribution in [3.8, 4) is 0 Å². The van der Waals surface area contributed by atoms with Crippen LogP contribution in [0.2, 0.25) is 0 Å². The van der Waals surface area contributed by atoms with Gasteiger partial charge < -0.3 is 15.5 Å². The third-order valence-corrected chi connectivity index (χ3v) is 3.80. The van der Waals surface area contributed by atoms with E-state index in [4.69, 9.17) is 0 Å². The number of carbonyl (C=O) groups is 1. The molecule has 0 bridgehead atoms. The molecular formula is C14H21BrN4O. The number of aromatic nitrogens is 1. The summed E-state index contributed by atoms with van der Waals surface area (Å²) in [5.74, 6) is 0.544. The van der Waals surface area contributed by atoms with E-state index in [2.05, 4.69) is 43.5 Å². The van der Waals surface area contributed by atoms with Crippen LogP contribution in [0, 0.1) is 0 Å². The minimum atomic E-state index is -0.0843. The highest BCUT2D eigenvalue weighted by Crippen LogP contribution is 2.24. The summed E-state index contributed by atoms with van der Waals surface area (Å²) in [4.78, 5) is 18.8. The molecule has 0 spiro atoms. The van der Waals surface area contributed by atoms with E-state index in [-0.39, 0.29) is 5.91 Å². The first-order chi connectivity index (χ1) is 9.61. The van der Waals surface area contributed by atoms with Gasteiger partial charge in [0.05, 0.1) is 5.56 Å². The van der Waals surface area contributed by atoms with E-state index in [0.717, 1.165) is 23.6 Å². The molecular weight excluding hydrogens is 320 g/mol. The highest BCUT2D eigenvalue weighted by atomic mass is 79.9. The predicted octanol–water partition coefficient (Wildman–Crippen LogP) is 2.10. The second kappa shape index (κ2) is 7.04. The van der Waals surface area contributed by atoms with E-state index in [0.29, 0.717) is 17.9 Å². The number of anilines is 1. The molecule has 6 heteroatoms. The zero-order valence-corrected chi connectivity index (χ0v) is 13.5. The Labute approximate surface area is 128 Å². The van der Waals surface area contributed by atoms with Crippen LogP contribution in [0.5, 0.6) is 0 Å². The van der Waals surface area contributed by atoms with Gasteiger partial charge in [-0.2, -0.15) is 0 Å². The third-order valence-electron chi connectivity index (χ3n) is 3.36. The summed E-state index contributed by atoms with van der Waals surface area (Å²) in [5, 5.41) is 6.07. The Morgan fingerprint density at radius 3 is 2.95 bits per heavy atom. The summed E-state index contributed by atoms with van der Waals surface area (Å²) in [6.45, 7) is 4.26. The van der Waals surface area contributed by atoms with Crippen molar-refractivity contribution in [3.63, 3.8) is 0 Å². The van der Waals surface area contributed by atoms with Gasteiger partial charge in [0.15, 0.2) is 0 Å². The minimum Gasteiger partial charge on any atom is -0.370 e. The number of halogens is 1. The molecule has 20 heavy (non-hydrogen) atoms. The highest BCUT2D eigenvalue weighted by Gasteiger charge is 2.25. The van der Waals surface area contributed by atoms with E-state index in [9.17, 15) is 4.79 Å². The first kappa shape index (κ1) is 15.3. The molecule has 2 N–H and O–H groups in total. The molecule has 1 amide bonds. The molecule has 1 aromatic heterocycles. The van der Waals surface area contributed by atoms with Crippen molar-refractivity contribution in [2.75, 3.05) is 32.0 Å². The quantitative estimate of drug-likeness (QED) is 0.798. The molecule has 0 atom stereocenters. The molecule has 5 nitrogen and oxygen atoms in total. The predicted molar refractivity (Wildman–Crippen MR) is 84.1 cm³/mol. The number of carbonyl (C=O) groups excluding carboxylic acids is 1. The Morgan fingerprint density at radius 1 is 1.55 bits per heavy atom. The van der Waals surface area contributed by atoms with Crippen molar-refractivity contribution >= 4 is 27.7 Å². The van der Waals surface area contributed by atoms with Crippen molar-refractivity contribution in [1.82, 2.24) is 15.2 Å². The first-order valence-corrected chi connectivity index (χ1v) is 7.79. The van der Waals surface area contributed by atoms with Gasteiger partial charge >= 0.3 is 0 Å². The third kappa shape index (κ3) is 4.18. The van der Waals surface area contributed by atoms with Crippen LogP contribution in [0.4, 0.5) is 5.82 Å². The molecule has 2 rings (SSSR count). The Hall–Kier alpha value is -1.14. The van der Waals surface area contributed by atoms with Gasteiger partial charge in [0, 0.05) is 36.3 Å². The van der Waals surface area contributed by atoms with Gasteiger partial charge in [0.2, 0.25) is 0 Å². The van der Waals surface area contributed by atoms with Crippen LogP contribution in [0.15, 0.2) is 16.7 Å². The maximum atomic E-state index is 12.2. The summed E-state index contributed by atoms with van der Waals surface area (Å²) < 4.78 is 0.805. The Balaban J connectivity index is 1.91. The van der Waals surface area contributed by atoms with Gasteiger partial charge in [-0.3, -0.25) is 4.79 Å². The lowest BCUT2D eigenvalue weighted by Gasteiger charge is -2.16. The molecule has 0 radical (unpaired) electrons. The smallest absolute Gasteiger partial charge is 0.255 e. The molecule has 1 heterocycles. The lowest BCUT2D eigenvalue weighted by molar-refractivity contribution is 0.0950. The number of pyridine rings is 1. The largest absolute Gasteiger partial charge is 0.370 e. The van der Waals surface area contributed by atoms with E-state index in [1.807, 2.05) is 6.92 Å². The Bertz CT molecular complexity index is 476. The molecule has 0 aliphatic heterocycles. The molecule has 1 aliphatic rings. The van der Waals surface area contributed by atoms with E-state index < -0.39 is 0 Å². The molecule has 1 aromatic rings. The number of rotatable bonds is 7. The summed E-state index contributed by atoms with van der Waals surface area (Å²) in [5.41, 5.74) is 0.579. The van der Waals surface area contributed by atoms with Crippen LogP contribution in [0.1, 0.15) is 30.1 Å².